The highest BCUT2D eigenvalue weighted by Crippen LogP contribution is 2.22. The Kier molecular flexibility index (Phi) is 4.73. The summed E-state index contributed by atoms with van der Waals surface area (Å²) in [5, 5.41) is 0.931. The van der Waals surface area contributed by atoms with E-state index in [1.165, 1.54) is 0 Å². The van der Waals surface area contributed by atoms with Gasteiger partial charge in [0.25, 0.3) is 0 Å². The number of ketones is 1. The van der Waals surface area contributed by atoms with Crippen LogP contribution in [0.15, 0.2) is 18.2 Å². The van der Waals surface area contributed by atoms with E-state index in [4.69, 9.17) is 34.8 Å². The van der Waals surface area contributed by atoms with Crippen LogP contribution in [-0.4, -0.2) is 11.7 Å². The molecular formula is C10H9Cl3O. The second-order valence-electron chi connectivity index (χ2n) is 2.84. The van der Waals surface area contributed by atoms with Crippen LogP contribution in [0.4, 0.5) is 0 Å². The summed E-state index contributed by atoms with van der Waals surface area (Å²) in [4.78, 5) is 11.5. The summed E-state index contributed by atoms with van der Waals surface area (Å²) in [7, 11) is 0. The Morgan fingerprint density at radius 3 is 2.57 bits per heavy atom. The molecule has 0 aliphatic carbocycles. The summed E-state index contributed by atoms with van der Waals surface area (Å²) in [5.41, 5.74) is 0.515. The maximum absolute atomic E-state index is 11.5. The molecule has 0 atom stereocenters. The van der Waals surface area contributed by atoms with Gasteiger partial charge in [0.1, 0.15) is 0 Å². The first-order chi connectivity index (χ1) is 6.65. The molecule has 76 valence electrons. The van der Waals surface area contributed by atoms with Crippen molar-refractivity contribution >= 4 is 40.6 Å². The van der Waals surface area contributed by atoms with E-state index in [-0.39, 0.29) is 5.78 Å². The largest absolute Gasteiger partial charge is 0.294 e. The van der Waals surface area contributed by atoms with Gasteiger partial charge in [-0.3, -0.25) is 4.79 Å². The molecular weight excluding hydrogens is 242 g/mol. The van der Waals surface area contributed by atoms with Gasteiger partial charge in [-0.1, -0.05) is 23.2 Å². The second kappa shape index (κ2) is 5.59. The number of carbonyl (C=O) groups excluding carboxylic acids is 1. The normalized spacial score (nSPS) is 10.2. The topological polar surface area (TPSA) is 17.1 Å². The van der Waals surface area contributed by atoms with E-state index >= 15 is 0 Å². The minimum absolute atomic E-state index is 0.00677. The van der Waals surface area contributed by atoms with Crippen LogP contribution in [0.3, 0.4) is 0 Å². The molecule has 0 saturated heterocycles. The summed E-state index contributed by atoms with van der Waals surface area (Å²) in [6.45, 7) is 0. The molecule has 0 aromatic heterocycles. The van der Waals surface area contributed by atoms with Gasteiger partial charge >= 0.3 is 0 Å². The fraction of sp³-hybridized carbons (Fsp3) is 0.300. The minimum atomic E-state index is 0.00677. The Balaban J connectivity index is 2.80. The highest BCUT2D eigenvalue weighted by atomic mass is 35.5. The monoisotopic (exact) mass is 250 g/mol. The maximum Gasteiger partial charge on any atom is 0.164 e. The number of hydrogen-bond acceptors (Lipinski definition) is 1. The zero-order valence-corrected chi connectivity index (χ0v) is 9.66. The van der Waals surface area contributed by atoms with Crippen LogP contribution in [0.5, 0.6) is 0 Å². The molecule has 0 saturated carbocycles. The van der Waals surface area contributed by atoms with Crippen molar-refractivity contribution < 1.29 is 4.79 Å². The third kappa shape index (κ3) is 3.16. The predicted octanol–water partition coefficient (Wildman–Crippen LogP) is 4.20. The Morgan fingerprint density at radius 2 is 2.00 bits per heavy atom. The van der Waals surface area contributed by atoms with Crippen molar-refractivity contribution in [3.63, 3.8) is 0 Å². The van der Waals surface area contributed by atoms with Crippen LogP contribution in [0.25, 0.3) is 0 Å². The van der Waals surface area contributed by atoms with E-state index in [0.717, 1.165) is 0 Å². The number of halogens is 3. The van der Waals surface area contributed by atoms with Gasteiger partial charge in [0.2, 0.25) is 0 Å². The summed E-state index contributed by atoms with van der Waals surface area (Å²) in [5.74, 6) is 0.490. The fourth-order valence-corrected chi connectivity index (χ4v) is 1.73. The molecule has 0 aliphatic rings. The third-order valence-electron chi connectivity index (χ3n) is 1.77. The van der Waals surface area contributed by atoms with Gasteiger partial charge in [-0.2, -0.15) is 0 Å². The SMILES string of the molecule is O=C(CCCCl)c1ccc(Cl)cc1Cl. The molecule has 14 heavy (non-hydrogen) atoms. The summed E-state index contributed by atoms with van der Waals surface area (Å²) in [6.07, 6.45) is 1.09. The maximum atomic E-state index is 11.5. The Morgan fingerprint density at radius 1 is 1.29 bits per heavy atom. The van der Waals surface area contributed by atoms with Crippen molar-refractivity contribution in [3.8, 4) is 0 Å². The molecule has 0 unspecified atom stereocenters. The highest BCUT2D eigenvalue weighted by Gasteiger charge is 2.09. The summed E-state index contributed by atoms with van der Waals surface area (Å²) < 4.78 is 0. The molecule has 0 spiro atoms. The Bertz CT molecular complexity index is 336. The number of carbonyl (C=O) groups is 1. The van der Waals surface area contributed by atoms with Gasteiger partial charge in [-0.25, -0.2) is 0 Å². The smallest absolute Gasteiger partial charge is 0.164 e. The van der Waals surface area contributed by atoms with Gasteiger partial charge < -0.3 is 0 Å². The van der Waals surface area contributed by atoms with Gasteiger partial charge in [-0.15, -0.1) is 11.6 Å². The van der Waals surface area contributed by atoms with Crippen LogP contribution in [-0.2, 0) is 0 Å². The lowest BCUT2D eigenvalue weighted by molar-refractivity contribution is 0.0982. The van der Waals surface area contributed by atoms with E-state index in [0.29, 0.717) is 34.3 Å². The molecule has 0 bridgehead atoms. The molecule has 0 N–H and O–H groups in total. The van der Waals surface area contributed by atoms with E-state index in [2.05, 4.69) is 0 Å². The van der Waals surface area contributed by atoms with Gasteiger partial charge in [-0.05, 0) is 24.6 Å². The third-order valence-corrected chi connectivity index (χ3v) is 2.58. The van der Waals surface area contributed by atoms with Gasteiger partial charge in [0.05, 0.1) is 5.02 Å². The number of benzene rings is 1. The van der Waals surface area contributed by atoms with E-state index in [9.17, 15) is 4.79 Å². The van der Waals surface area contributed by atoms with Crippen molar-refractivity contribution in [2.24, 2.45) is 0 Å². The van der Waals surface area contributed by atoms with Crippen LogP contribution in [0.2, 0.25) is 10.0 Å². The minimum Gasteiger partial charge on any atom is -0.294 e. The van der Waals surface area contributed by atoms with Crippen molar-refractivity contribution in [2.75, 3.05) is 5.88 Å². The lowest BCUT2D eigenvalue weighted by Gasteiger charge is -2.02. The van der Waals surface area contributed by atoms with Crippen molar-refractivity contribution in [2.45, 2.75) is 12.8 Å². The van der Waals surface area contributed by atoms with Gasteiger partial charge in [0, 0.05) is 22.9 Å². The molecule has 0 radical (unpaired) electrons. The Labute approximate surface area is 98.0 Å². The first-order valence-corrected chi connectivity index (χ1v) is 5.48. The second-order valence-corrected chi connectivity index (χ2v) is 4.06. The van der Waals surface area contributed by atoms with Crippen LogP contribution < -0.4 is 0 Å². The molecule has 0 heterocycles. The lowest BCUT2D eigenvalue weighted by atomic mass is 10.1. The molecule has 1 nitrogen and oxygen atoms in total. The predicted molar refractivity (Wildman–Crippen MR) is 60.7 cm³/mol. The number of hydrogen-bond donors (Lipinski definition) is 0. The number of rotatable bonds is 4. The summed E-state index contributed by atoms with van der Waals surface area (Å²) in [6, 6.07) is 4.86. The van der Waals surface area contributed by atoms with Crippen molar-refractivity contribution in [3.05, 3.63) is 33.8 Å². The standard InChI is InChI=1S/C10H9Cl3O/c11-5-1-2-10(14)8-4-3-7(12)6-9(8)13/h3-4,6H,1-2,5H2. The van der Waals surface area contributed by atoms with E-state index < -0.39 is 0 Å². The molecule has 0 fully saturated rings. The first kappa shape index (κ1) is 11.8. The summed E-state index contributed by atoms with van der Waals surface area (Å²) >= 11 is 17.1. The zero-order chi connectivity index (χ0) is 10.6. The quantitative estimate of drug-likeness (QED) is 0.579. The average molecular weight is 252 g/mol. The molecule has 1 aromatic rings. The average Bonchev–Trinajstić information content (AvgIpc) is 2.14. The van der Waals surface area contributed by atoms with Crippen LogP contribution in [0.1, 0.15) is 23.2 Å². The first-order valence-electron chi connectivity index (χ1n) is 4.19. The van der Waals surface area contributed by atoms with E-state index in [1.807, 2.05) is 0 Å². The molecule has 0 aliphatic heterocycles. The Hall–Kier alpha value is -0.240. The zero-order valence-electron chi connectivity index (χ0n) is 7.40. The van der Waals surface area contributed by atoms with Gasteiger partial charge in [0.15, 0.2) is 5.78 Å². The van der Waals surface area contributed by atoms with Crippen molar-refractivity contribution in [1.29, 1.82) is 0 Å². The number of alkyl halides is 1. The molecule has 0 amide bonds. The molecule has 1 aromatic carbocycles. The number of Topliss-reactive ketones (excluding diaryl/α,β-unsaturated/α-hetero) is 1. The van der Waals surface area contributed by atoms with Crippen LogP contribution in [0, 0.1) is 0 Å². The van der Waals surface area contributed by atoms with Crippen molar-refractivity contribution in [1.82, 2.24) is 0 Å². The van der Waals surface area contributed by atoms with E-state index in [1.54, 1.807) is 18.2 Å². The molecule has 4 heteroatoms. The fourth-order valence-electron chi connectivity index (χ4n) is 1.08. The molecule has 1 rings (SSSR count). The highest BCUT2D eigenvalue weighted by molar-refractivity contribution is 6.36. The lowest BCUT2D eigenvalue weighted by Crippen LogP contribution is -2.00. The van der Waals surface area contributed by atoms with Crippen LogP contribution >= 0.6 is 34.8 Å².